The van der Waals surface area contributed by atoms with E-state index in [1.165, 1.54) is 19.4 Å². The van der Waals surface area contributed by atoms with Crippen LogP contribution in [0.25, 0.3) is 0 Å². The van der Waals surface area contributed by atoms with Gasteiger partial charge in [-0.3, -0.25) is 0 Å². The van der Waals surface area contributed by atoms with Crippen LogP contribution >= 0.6 is 15.9 Å². The van der Waals surface area contributed by atoms with Crippen LogP contribution in [-0.4, -0.2) is 18.1 Å². The van der Waals surface area contributed by atoms with Crippen molar-refractivity contribution in [2.24, 2.45) is 0 Å². The maximum absolute atomic E-state index is 11.5. The van der Waals surface area contributed by atoms with Crippen molar-refractivity contribution in [1.29, 1.82) is 0 Å². The Kier molecular flexibility index (Phi) is 4.57. The molecular weight excluding hydrogens is 324 g/mol. The van der Waals surface area contributed by atoms with E-state index in [0.29, 0.717) is 6.61 Å². The molecule has 0 fully saturated rings. The third-order valence-electron chi connectivity index (χ3n) is 2.65. The van der Waals surface area contributed by atoms with Gasteiger partial charge in [-0.1, -0.05) is 28.1 Å². The number of anilines is 1. The number of hydrogen-bond acceptors (Lipinski definition) is 5. The number of ether oxygens (including phenoxy) is 2. The lowest BCUT2D eigenvalue weighted by atomic mass is 10.2. The molecule has 0 aliphatic heterocycles. The molecule has 0 aliphatic rings. The number of methoxy groups -OCH3 is 1. The van der Waals surface area contributed by atoms with Crippen molar-refractivity contribution < 1.29 is 14.3 Å². The number of carbonyl (C=O) groups is 1. The first-order chi connectivity index (χ1) is 9.61. The number of benzene rings is 1. The zero-order valence-electron chi connectivity index (χ0n) is 10.8. The second-order valence-electron chi connectivity index (χ2n) is 3.98. The van der Waals surface area contributed by atoms with Crippen LogP contribution in [0.3, 0.4) is 0 Å². The van der Waals surface area contributed by atoms with Crippen LogP contribution in [-0.2, 0) is 11.3 Å². The summed E-state index contributed by atoms with van der Waals surface area (Å²) in [4.78, 5) is 15.5. The van der Waals surface area contributed by atoms with Crippen LogP contribution in [0.15, 0.2) is 41.0 Å². The molecule has 1 aromatic carbocycles. The van der Waals surface area contributed by atoms with E-state index in [1.54, 1.807) is 0 Å². The Morgan fingerprint density at radius 1 is 1.30 bits per heavy atom. The summed E-state index contributed by atoms with van der Waals surface area (Å²) < 4.78 is 11.2. The van der Waals surface area contributed by atoms with Gasteiger partial charge in [0.1, 0.15) is 12.3 Å². The minimum absolute atomic E-state index is 0.177. The van der Waals surface area contributed by atoms with Crippen molar-refractivity contribution >= 4 is 27.6 Å². The summed E-state index contributed by atoms with van der Waals surface area (Å²) in [6, 6.07) is 9.17. The molecule has 2 aromatic rings. The highest BCUT2D eigenvalue weighted by molar-refractivity contribution is 9.10. The topological polar surface area (TPSA) is 74.4 Å². The standard InChI is InChI=1S/C14H13BrN2O3/c1-19-14(18)11-6-7-17-13(12(11)16)20-8-9-2-4-10(15)5-3-9/h2-7H,8,16H2,1H3. The van der Waals surface area contributed by atoms with E-state index >= 15 is 0 Å². The van der Waals surface area contributed by atoms with Crippen molar-refractivity contribution in [2.45, 2.75) is 6.61 Å². The van der Waals surface area contributed by atoms with E-state index in [9.17, 15) is 4.79 Å². The first-order valence-electron chi connectivity index (χ1n) is 5.82. The summed E-state index contributed by atoms with van der Waals surface area (Å²) in [6.45, 7) is 0.315. The van der Waals surface area contributed by atoms with Crippen molar-refractivity contribution in [1.82, 2.24) is 4.98 Å². The molecule has 2 N–H and O–H groups in total. The number of nitrogen functional groups attached to an aromatic ring is 1. The number of pyridine rings is 1. The fraction of sp³-hybridized carbons (Fsp3) is 0.143. The van der Waals surface area contributed by atoms with Crippen LogP contribution in [0.2, 0.25) is 0 Å². The second-order valence-corrected chi connectivity index (χ2v) is 4.90. The molecule has 0 spiro atoms. The first-order valence-corrected chi connectivity index (χ1v) is 6.61. The Bertz CT molecular complexity index is 614. The molecule has 2 rings (SSSR count). The quantitative estimate of drug-likeness (QED) is 0.869. The maximum Gasteiger partial charge on any atom is 0.340 e. The Hall–Kier alpha value is -2.08. The number of nitrogens with two attached hydrogens (primary N) is 1. The van der Waals surface area contributed by atoms with Gasteiger partial charge in [-0.25, -0.2) is 9.78 Å². The highest BCUT2D eigenvalue weighted by atomic mass is 79.9. The number of carbonyl (C=O) groups excluding carboxylic acids is 1. The van der Waals surface area contributed by atoms with E-state index < -0.39 is 5.97 Å². The summed E-state index contributed by atoms with van der Waals surface area (Å²) in [6.07, 6.45) is 1.46. The molecule has 0 aliphatic carbocycles. The lowest BCUT2D eigenvalue weighted by Crippen LogP contribution is -2.09. The summed E-state index contributed by atoms with van der Waals surface area (Å²) >= 11 is 3.36. The fourth-order valence-electron chi connectivity index (χ4n) is 1.59. The fourth-order valence-corrected chi connectivity index (χ4v) is 1.85. The largest absolute Gasteiger partial charge is 0.471 e. The lowest BCUT2D eigenvalue weighted by Gasteiger charge is -2.10. The highest BCUT2D eigenvalue weighted by Gasteiger charge is 2.14. The van der Waals surface area contributed by atoms with Crippen molar-refractivity contribution in [3.63, 3.8) is 0 Å². The van der Waals surface area contributed by atoms with Gasteiger partial charge in [0.25, 0.3) is 0 Å². The molecule has 1 heterocycles. The Labute approximate surface area is 124 Å². The summed E-state index contributed by atoms with van der Waals surface area (Å²) in [5.41, 5.74) is 7.24. The van der Waals surface area contributed by atoms with Gasteiger partial charge in [0.15, 0.2) is 0 Å². The molecule has 104 valence electrons. The first kappa shape index (κ1) is 14.3. The zero-order chi connectivity index (χ0) is 14.5. The van der Waals surface area contributed by atoms with Gasteiger partial charge < -0.3 is 15.2 Å². The SMILES string of the molecule is COC(=O)c1ccnc(OCc2ccc(Br)cc2)c1N. The molecule has 0 unspecified atom stereocenters. The smallest absolute Gasteiger partial charge is 0.340 e. The Morgan fingerprint density at radius 3 is 2.65 bits per heavy atom. The lowest BCUT2D eigenvalue weighted by molar-refractivity contribution is 0.0601. The summed E-state index contributed by atoms with van der Waals surface area (Å²) in [7, 11) is 1.30. The van der Waals surface area contributed by atoms with E-state index in [1.807, 2.05) is 24.3 Å². The van der Waals surface area contributed by atoms with Crippen molar-refractivity contribution in [3.8, 4) is 5.88 Å². The molecule has 20 heavy (non-hydrogen) atoms. The molecule has 0 saturated carbocycles. The molecule has 0 saturated heterocycles. The molecule has 0 amide bonds. The summed E-state index contributed by atoms with van der Waals surface area (Å²) in [5, 5.41) is 0. The van der Waals surface area contributed by atoms with Gasteiger partial charge in [0.2, 0.25) is 5.88 Å². The monoisotopic (exact) mass is 336 g/mol. The number of esters is 1. The Morgan fingerprint density at radius 2 is 2.00 bits per heavy atom. The number of aromatic nitrogens is 1. The highest BCUT2D eigenvalue weighted by Crippen LogP contribution is 2.24. The van der Waals surface area contributed by atoms with E-state index in [4.69, 9.17) is 10.5 Å². The number of hydrogen-bond donors (Lipinski definition) is 1. The number of halogens is 1. The number of rotatable bonds is 4. The molecular formula is C14H13BrN2O3. The normalized spacial score (nSPS) is 10.1. The number of nitrogens with zero attached hydrogens (tertiary/aromatic N) is 1. The molecule has 6 heteroatoms. The Balaban J connectivity index is 2.13. The average molecular weight is 337 g/mol. The summed E-state index contributed by atoms with van der Waals surface area (Å²) in [5.74, 6) is -0.297. The van der Waals surface area contributed by atoms with Gasteiger partial charge in [0, 0.05) is 10.7 Å². The minimum atomic E-state index is -0.515. The van der Waals surface area contributed by atoms with Gasteiger partial charge in [0.05, 0.1) is 12.7 Å². The van der Waals surface area contributed by atoms with Gasteiger partial charge in [-0.15, -0.1) is 0 Å². The van der Waals surface area contributed by atoms with Gasteiger partial charge in [-0.2, -0.15) is 0 Å². The second kappa shape index (κ2) is 6.38. The molecule has 0 atom stereocenters. The van der Waals surface area contributed by atoms with Gasteiger partial charge >= 0.3 is 5.97 Å². The van der Waals surface area contributed by atoms with Crippen LogP contribution in [0.4, 0.5) is 5.69 Å². The molecule has 5 nitrogen and oxygen atoms in total. The van der Waals surface area contributed by atoms with E-state index in [0.717, 1.165) is 10.0 Å². The van der Waals surface area contributed by atoms with Crippen LogP contribution < -0.4 is 10.5 Å². The predicted molar refractivity (Wildman–Crippen MR) is 78.5 cm³/mol. The molecule has 0 bridgehead atoms. The third-order valence-corrected chi connectivity index (χ3v) is 3.18. The van der Waals surface area contributed by atoms with Crippen LogP contribution in [0, 0.1) is 0 Å². The van der Waals surface area contributed by atoms with Crippen LogP contribution in [0.5, 0.6) is 5.88 Å². The van der Waals surface area contributed by atoms with Crippen molar-refractivity contribution in [2.75, 3.05) is 12.8 Å². The predicted octanol–water partition coefficient (Wildman–Crippen LogP) is 2.79. The maximum atomic E-state index is 11.5. The minimum Gasteiger partial charge on any atom is -0.471 e. The molecule has 1 aromatic heterocycles. The molecule has 0 radical (unpaired) electrons. The van der Waals surface area contributed by atoms with E-state index in [-0.39, 0.29) is 17.1 Å². The average Bonchev–Trinajstić information content (AvgIpc) is 2.47. The van der Waals surface area contributed by atoms with Crippen LogP contribution in [0.1, 0.15) is 15.9 Å². The zero-order valence-corrected chi connectivity index (χ0v) is 12.4. The van der Waals surface area contributed by atoms with Gasteiger partial charge in [-0.05, 0) is 23.8 Å². The van der Waals surface area contributed by atoms with E-state index in [2.05, 4.69) is 25.7 Å². The third kappa shape index (κ3) is 3.27. The van der Waals surface area contributed by atoms with Crippen molar-refractivity contribution in [3.05, 3.63) is 52.1 Å².